The Bertz CT molecular complexity index is 1040. The highest BCUT2D eigenvalue weighted by atomic mass is 32.2. The summed E-state index contributed by atoms with van der Waals surface area (Å²) < 4.78 is 7.83. The Morgan fingerprint density at radius 2 is 1.88 bits per heavy atom. The fourth-order valence-corrected chi connectivity index (χ4v) is 4.17. The van der Waals surface area contributed by atoms with Gasteiger partial charge in [-0.15, -0.1) is 16.8 Å². The molecule has 32 heavy (non-hydrogen) atoms. The van der Waals surface area contributed by atoms with Gasteiger partial charge in [-0.25, -0.2) is 0 Å². The first-order valence-corrected chi connectivity index (χ1v) is 11.7. The van der Waals surface area contributed by atoms with Gasteiger partial charge in [0.15, 0.2) is 11.0 Å². The number of nitrogens with zero attached hydrogens (tertiary/aromatic N) is 3. The number of allylic oxidation sites excluding steroid dienone is 1. The van der Waals surface area contributed by atoms with Crippen molar-refractivity contribution in [2.24, 2.45) is 0 Å². The van der Waals surface area contributed by atoms with Gasteiger partial charge >= 0.3 is 0 Å². The number of hydrogen-bond donors (Lipinski definition) is 1. The number of hydrogen-bond acceptors (Lipinski definition) is 5. The van der Waals surface area contributed by atoms with Crippen molar-refractivity contribution in [3.8, 4) is 5.75 Å². The van der Waals surface area contributed by atoms with Crippen LogP contribution in [0.5, 0.6) is 5.75 Å². The number of aromatic nitrogens is 3. The molecule has 0 saturated carbocycles. The summed E-state index contributed by atoms with van der Waals surface area (Å²) in [6, 6.07) is 14.1. The third-order valence-electron chi connectivity index (χ3n) is 4.77. The maximum Gasteiger partial charge on any atom is 0.234 e. The number of thioether (sulfide) groups is 1. The molecule has 6 nitrogen and oxygen atoms in total. The van der Waals surface area contributed by atoms with Crippen LogP contribution in [-0.2, 0) is 24.4 Å². The molecule has 1 heterocycles. The van der Waals surface area contributed by atoms with Crippen molar-refractivity contribution in [3.63, 3.8) is 0 Å². The summed E-state index contributed by atoms with van der Waals surface area (Å²) >= 11 is 1.35. The maximum absolute atomic E-state index is 12.4. The third-order valence-corrected chi connectivity index (χ3v) is 5.74. The lowest BCUT2D eigenvalue weighted by atomic mass is 10.1. The van der Waals surface area contributed by atoms with Gasteiger partial charge in [-0.1, -0.05) is 49.4 Å². The Balaban J connectivity index is 1.59. The van der Waals surface area contributed by atoms with E-state index < -0.39 is 0 Å². The fourth-order valence-electron chi connectivity index (χ4n) is 3.41. The summed E-state index contributed by atoms with van der Waals surface area (Å²) in [5.41, 5.74) is 4.33. The monoisotopic (exact) mass is 450 g/mol. The van der Waals surface area contributed by atoms with Crippen LogP contribution in [0.4, 0.5) is 5.69 Å². The van der Waals surface area contributed by atoms with Crippen LogP contribution in [0, 0.1) is 13.8 Å². The molecule has 0 fully saturated rings. The van der Waals surface area contributed by atoms with Crippen LogP contribution in [0.1, 0.15) is 35.9 Å². The molecule has 0 aliphatic heterocycles. The van der Waals surface area contributed by atoms with Crippen molar-refractivity contribution in [1.29, 1.82) is 0 Å². The molecule has 1 amide bonds. The average Bonchev–Trinajstić information content (AvgIpc) is 3.13. The molecule has 0 spiro atoms. The zero-order chi connectivity index (χ0) is 22.9. The van der Waals surface area contributed by atoms with E-state index in [0.29, 0.717) is 24.1 Å². The van der Waals surface area contributed by atoms with E-state index in [0.717, 1.165) is 35.4 Å². The second-order valence-corrected chi connectivity index (χ2v) is 8.64. The van der Waals surface area contributed by atoms with E-state index in [1.165, 1.54) is 17.3 Å². The van der Waals surface area contributed by atoms with Gasteiger partial charge in [0.25, 0.3) is 0 Å². The highest BCUT2D eigenvalue weighted by Crippen LogP contribution is 2.20. The number of nitrogens with one attached hydrogen (secondary N) is 1. The molecule has 0 bridgehead atoms. The molecule has 1 N–H and O–H groups in total. The molecule has 0 atom stereocenters. The third kappa shape index (κ3) is 6.72. The number of aryl methyl sites for hydroxylation is 3. The van der Waals surface area contributed by atoms with Crippen molar-refractivity contribution in [2.75, 3.05) is 11.1 Å². The molecule has 3 aromatic rings. The van der Waals surface area contributed by atoms with Crippen LogP contribution < -0.4 is 10.1 Å². The van der Waals surface area contributed by atoms with Crippen molar-refractivity contribution >= 4 is 23.4 Å². The number of carbonyl (C=O) groups excluding carboxylic acids is 1. The predicted molar refractivity (Wildman–Crippen MR) is 130 cm³/mol. The van der Waals surface area contributed by atoms with Gasteiger partial charge in [-0.2, -0.15) is 0 Å². The van der Waals surface area contributed by atoms with Gasteiger partial charge in [0.05, 0.1) is 5.75 Å². The van der Waals surface area contributed by atoms with Gasteiger partial charge in [0, 0.05) is 12.2 Å². The number of benzene rings is 2. The zero-order valence-electron chi connectivity index (χ0n) is 18.9. The van der Waals surface area contributed by atoms with E-state index in [1.54, 1.807) is 6.08 Å². The average molecular weight is 451 g/mol. The first-order valence-electron chi connectivity index (χ1n) is 10.7. The van der Waals surface area contributed by atoms with Crippen molar-refractivity contribution in [1.82, 2.24) is 14.8 Å². The SMILES string of the molecule is C=CCn1c(COc2ccc(CCC)cc2)nnc1SCC(=O)Nc1cc(C)cc(C)c1. The number of ether oxygens (including phenoxy) is 1. The Morgan fingerprint density at radius 1 is 1.16 bits per heavy atom. The van der Waals surface area contributed by atoms with Gasteiger partial charge < -0.3 is 10.1 Å². The topological polar surface area (TPSA) is 69.0 Å². The van der Waals surface area contributed by atoms with E-state index in [9.17, 15) is 4.79 Å². The first-order chi connectivity index (χ1) is 15.5. The number of rotatable bonds is 11. The van der Waals surface area contributed by atoms with Gasteiger partial charge in [-0.3, -0.25) is 9.36 Å². The standard InChI is InChI=1S/C25H30N4O2S/c1-5-7-20-8-10-22(11-9-20)31-16-23-27-28-25(29(23)12-6-2)32-17-24(30)26-21-14-18(3)13-19(4)15-21/h6,8-11,13-15H,2,5,7,12,16-17H2,1,3-4H3,(H,26,30). The van der Waals surface area contributed by atoms with Gasteiger partial charge in [0.2, 0.25) is 5.91 Å². The first kappa shape index (κ1) is 23.6. The Labute approximate surface area is 194 Å². The van der Waals surface area contributed by atoms with E-state index in [2.05, 4.69) is 47.2 Å². The van der Waals surface area contributed by atoms with Crippen LogP contribution in [-0.4, -0.2) is 26.4 Å². The Hall–Kier alpha value is -3.06. The lowest BCUT2D eigenvalue weighted by molar-refractivity contribution is -0.113. The molecule has 0 saturated heterocycles. The minimum Gasteiger partial charge on any atom is -0.486 e. The number of carbonyl (C=O) groups is 1. The van der Waals surface area contributed by atoms with Gasteiger partial charge in [0.1, 0.15) is 12.4 Å². The van der Waals surface area contributed by atoms with Crippen LogP contribution in [0.15, 0.2) is 60.3 Å². The molecule has 0 aliphatic carbocycles. The largest absolute Gasteiger partial charge is 0.486 e. The summed E-state index contributed by atoms with van der Waals surface area (Å²) in [6.07, 6.45) is 3.96. The smallest absolute Gasteiger partial charge is 0.234 e. The Kier molecular flexibility index (Phi) is 8.50. The van der Waals surface area contributed by atoms with Crippen molar-refractivity contribution < 1.29 is 9.53 Å². The number of amides is 1. The van der Waals surface area contributed by atoms with Crippen molar-refractivity contribution in [3.05, 3.63) is 77.6 Å². The second kappa shape index (κ2) is 11.5. The van der Waals surface area contributed by atoms with E-state index in [4.69, 9.17) is 4.74 Å². The number of anilines is 1. The molecule has 3 rings (SSSR count). The highest BCUT2D eigenvalue weighted by molar-refractivity contribution is 7.99. The summed E-state index contributed by atoms with van der Waals surface area (Å²) in [5, 5.41) is 12.1. The molecule has 0 unspecified atom stereocenters. The van der Waals surface area contributed by atoms with E-state index in [1.807, 2.05) is 42.7 Å². The van der Waals surface area contributed by atoms with E-state index >= 15 is 0 Å². The van der Waals surface area contributed by atoms with Crippen molar-refractivity contribution in [2.45, 2.75) is 51.9 Å². The van der Waals surface area contributed by atoms with Crippen LogP contribution in [0.3, 0.4) is 0 Å². The molecule has 0 aliphatic rings. The van der Waals surface area contributed by atoms with Crippen LogP contribution >= 0.6 is 11.8 Å². The van der Waals surface area contributed by atoms with E-state index in [-0.39, 0.29) is 11.7 Å². The minimum atomic E-state index is -0.0851. The van der Waals surface area contributed by atoms with Crippen LogP contribution in [0.25, 0.3) is 0 Å². The summed E-state index contributed by atoms with van der Waals surface area (Å²) in [6.45, 7) is 10.9. The normalized spacial score (nSPS) is 10.7. The molecular weight excluding hydrogens is 420 g/mol. The summed E-state index contributed by atoms with van der Waals surface area (Å²) in [5.74, 6) is 1.64. The maximum atomic E-state index is 12.4. The Morgan fingerprint density at radius 3 is 2.53 bits per heavy atom. The lowest BCUT2D eigenvalue weighted by Gasteiger charge is -2.10. The minimum absolute atomic E-state index is 0.0851. The van der Waals surface area contributed by atoms with Crippen LogP contribution in [0.2, 0.25) is 0 Å². The molecule has 2 aromatic carbocycles. The molecular formula is C25H30N4O2S. The molecule has 168 valence electrons. The quantitative estimate of drug-likeness (QED) is 0.315. The fraction of sp³-hybridized carbons (Fsp3) is 0.320. The predicted octanol–water partition coefficient (Wildman–Crippen LogP) is 5.34. The highest BCUT2D eigenvalue weighted by Gasteiger charge is 2.14. The zero-order valence-corrected chi connectivity index (χ0v) is 19.7. The second-order valence-electron chi connectivity index (χ2n) is 7.69. The molecule has 0 radical (unpaired) electrons. The summed E-state index contributed by atoms with van der Waals surface area (Å²) in [7, 11) is 0. The molecule has 1 aromatic heterocycles. The summed E-state index contributed by atoms with van der Waals surface area (Å²) in [4.78, 5) is 12.4. The lowest BCUT2D eigenvalue weighted by Crippen LogP contribution is -2.15. The molecule has 7 heteroatoms. The van der Waals surface area contributed by atoms with Gasteiger partial charge in [-0.05, 0) is 61.2 Å².